The number of carbonyl (C=O) groups is 1. The maximum absolute atomic E-state index is 11.8. The minimum Gasteiger partial charge on any atom is -0.469 e. The molecular weight excluding hydrogens is 420 g/mol. The molecule has 9 nitrogen and oxygen atoms in total. The van der Waals surface area contributed by atoms with Crippen LogP contribution in [-0.2, 0) is 11.2 Å². The molecule has 1 atom stereocenters. The summed E-state index contributed by atoms with van der Waals surface area (Å²) < 4.78 is 7.32. The molecule has 0 spiro atoms. The maximum Gasteiger partial charge on any atom is 0.217 e. The number of aromatic nitrogens is 4. The van der Waals surface area contributed by atoms with Crippen molar-refractivity contribution in [1.82, 2.24) is 19.4 Å². The second-order valence-electron chi connectivity index (χ2n) is 8.39. The molecule has 166 valence electrons. The highest BCUT2D eigenvalue weighted by atomic mass is 16.5. The summed E-state index contributed by atoms with van der Waals surface area (Å²) in [5.74, 6) is 1.16. The van der Waals surface area contributed by atoms with Crippen molar-refractivity contribution < 1.29 is 14.6 Å². The first-order chi connectivity index (χ1) is 16.1. The summed E-state index contributed by atoms with van der Waals surface area (Å²) in [7, 11) is 0. The van der Waals surface area contributed by atoms with E-state index in [0.29, 0.717) is 36.0 Å². The first kappa shape index (κ1) is 19.7. The molecule has 0 radical (unpaired) electrons. The van der Waals surface area contributed by atoms with Crippen LogP contribution in [0, 0.1) is 0 Å². The highest BCUT2D eigenvalue weighted by Gasteiger charge is 2.21. The van der Waals surface area contributed by atoms with Gasteiger partial charge in [0.25, 0.3) is 0 Å². The number of Topliss-reactive ketones (excluding diaryl/α,β-unsaturated/α-hetero) is 1. The number of aliphatic hydroxyl groups excluding tert-OH is 1. The van der Waals surface area contributed by atoms with Crippen LogP contribution in [0.2, 0.25) is 0 Å². The van der Waals surface area contributed by atoms with E-state index in [-0.39, 0.29) is 18.5 Å². The van der Waals surface area contributed by atoms with Gasteiger partial charge in [0.1, 0.15) is 6.61 Å². The summed E-state index contributed by atoms with van der Waals surface area (Å²) in [5.41, 5.74) is 4.95. The standard InChI is InChI=1S/C24H22N6O3/c31-19-5-7-29(12-19)18-3-1-17(2-4-18)27-22-23-25-6-8-30(23)13-21(28-22)16-9-15-10-20(32)14-33-24(15)26-11-16/h1-4,6,8-9,11,13,19,31H,5,7,10,12,14H2,(H,27,28)/t19-/m0/s1. The van der Waals surface area contributed by atoms with Crippen LogP contribution in [0.1, 0.15) is 12.0 Å². The van der Waals surface area contributed by atoms with Crippen LogP contribution in [0.4, 0.5) is 17.2 Å². The predicted molar refractivity (Wildman–Crippen MR) is 123 cm³/mol. The van der Waals surface area contributed by atoms with Gasteiger partial charge in [-0.05, 0) is 36.8 Å². The zero-order chi connectivity index (χ0) is 22.4. The van der Waals surface area contributed by atoms with Gasteiger partial charge in [0.05, 0.1) is 11.8 Å². The Kier molecular flexibility index (Phi) is 4.69. The summed E-state index contributed by atoms with van der Waals surface area (Å²) in [6, 6.07) is 9.98. The lowest BCUT2D eigenvalue weighted by atomic mass is 10.1. The summed E-state index contributed by atoms with van der Waals surface area (Å²) in [4.78, 5) is 27.6. The third-order valence-corrected chi connectivity index (χ3v) is 6.01. The largest absolute Gasteiger partial charge is 0.469 e. The van der Waals surface area contributed by atoms with Gasteiger partial charge < -0.3 is 24.5 Å². The highest BCUT2D eigenvalue weighted by molar-refractivity contribution is 5.85. The number of ketones is 1. The Bertz CT molecular complexity index is 1350. The molecule has 1 fully saturated rings. The number of hydrogen-bond donors (Lipinski definition) is 2. The van der Waals surface area contributed by atoms with Crippen LogP contribution in [0.3, 0.4) is 0 Å². The first-order valence-electron chi connectivity index (χ1n) is 10.9. The van der Waals surface area contributed by atoms with Crippen LogP contribution in [0.5, 0.6) is 5.88 Å². The van der Waals surface area contributed by atoms with Crippen molar-refractivity contribution in [2.75, 3.05) is 29.9 Å². The second kappa shape index (κ2) is 7.86. The number of ether oxygens (including phenoxy) is 1. The smallest absolute Gasteiger partial charge is 0.217 e. The number of hydrogen-bond acceptors (Lipinski definition) is 8. The van der Waals surface area contributed by atoms with E-state index < -0.39 is 0 Å². The van der Waals surface area contributed by atoms with E-state index in [1.54, 1.807) is 12.4 Å². The van der Waals surface area contributed by atoms with Gasteiger partial charge in [-0.2, -0.15) is 0 Å². The van der Waals surface area contributed by atoms with Crippen LogP contribution in [0.25, 0.3) is 16.9 Å². The minimum atomic E-state index is -0.258. The third-order valence-electron chi connectivity index (χ3n) is 6.01. The van der Waals surface area contributed by atoms with Gasteiger partial charge in [0.2, 0.25) is 5.88 Å². The van der Waals surface area contributed by atoms with E-state index in [9.17, 15) is 9.90 Å². The summed E-state index contributed by atoms with van der Waals surface area (Å²) in [6.45, 7) is 1.60. The maximum atomic E-state index is 11.8. The van der Waals surface area contributed by atoms with Crippen LogP contribution in [-0.4, -0.2) is 56.0 Å². The minimum absolute atomic E-state index is 0.0358. The topological polar surface area (TPSA) is 105 Å². The fourth-order valence-electron chi connectivity index (χ4n) is 4.33. The van der Waals surface area contributed by atoms with Crippen molar-refractivity contribution in [3.8, 4) is 17.1 Å². The number of β-amino-alcohol motifs (C(OH)–C–C–N with tert-alkyl or cyclic N) is 1. The molecule has 0 aliphatic carbocycles. The molecule has 9 heteroatoms. The molecule has 6 rings (SSSR count). The summed E-state index contributed by atoms with van der Waals surface area (Å²) in [6.07, 6.45) is 8.05. The Hall–Kier alpha value is -3.98. The van der Waals surface area contributed by atoms with Gasteiger partial charge in [0.15, 0.2) is 17.2 Å². The fraction of sp³-hybridized carbons (Fsp3) is 0.250. The van der Waals surface area contributed by atoms with Crippen molar-refractivity contribution >= 4 is 28.6 Å². The molecule has 2 aliphatic heterocycles. The summed E-state index contributed by atoms with van der Waals surface area (Å²) >= 11 is 0. The molecular formula is C24H22N6O3. The number of benzene rings is 1. The average molecular weight is 442 g/mol. The number of fused-ring (bicyclic) bond motifs is 2. The number of nitrogens with one attached hydrogen (secondary N) is 1. The Balaban J connectivity index is 1.32. The molecule has 2 N–H and O–H groups in total. The molecule has 33 heavy (non-hydrogen) atoms. The molecule has 0 amide bonds. The quantitative estimate of drug-likeness (QED) is 0.497. The zero-order valence-electron chi connectivity index (χ0n) is 17.8. The van der Waals surface area contributed by atoms with Gasteiger partial charge in [-0.25, -0.2) is 15.0 Å². The SMILES string of the molecule is O=C1COc2ncc(-c3cn4ccnc4c(Nc4ccc(N5CC[C@H](O)C5)cc4)n3)cc2C1. The number of carbonyl (C=O) groups excluding carboxylic acids is 1. The van der Waals surface area contributed by atoms with Gasteiger partial charge in [-0.3, -0.25) is 4.79 Å². The van der Waals surface area contributed by atoms with Crippen molar-refractivity contribution in [2.45, 2.75) is 18.9 Å². The van der Waals surface area contributed by atoms with E-state index in [1.807, 2.05) is 47.1 Å². The van der Waals surface area contributed by atoms with Gasteiger partial charge in [-0.1, -0.05) is 0 Å². The summed E-state index contributed by atoms with van der Waals surface area (Å²) in [5, 5.41) is 13.2. The number of aliphatic hydroxyl groups is 1. The highest BCUT2D eigenvalue weighted by Crippen LogP contribution is 2.29. The van der Waals surface area contributed by atoms with E-state index in [0.717, 1.165) is 35.5 Å². The molecule has 0 bridgehead atoms. The number of nitrogens with zero attached hydrogens (tertiary/aromatic N) is 5. The lowest BCUT2D eigenvalue weighted by molar-refractivity contribution is -0.121. The number of imidazole rings is 1. The Morgan fingerprint density at radius 3 is 2.88 bits per heavy atom. The monoisotopic (exact) mass is 442 g/mol. The molecule has 1 aromatic carbocycles. The van der Waals surface area contributed by atoms with Crippen molar-refractivity contribution in [2.24, 2.45) is 0 Å². The Morgan fingerprint density at radius 1 is 1.18 bits per heavy atom. The predicted octanol–water partition coefficient (Wildman–Crippen LogP) is 2.61. The van der Waals surface area contributed by atoms with Crippen LogP contribution in [0.15, 0.2) is 55.1 Å². The number of rotatable bonds is 4. The number of anilines is 3. The normalized spacial score (nSPS) is 17.8. The lowest BCUT2D eigenvalue weighted by Crippen LogP contribution is -2.21. The molecule has 5 heterocycles. The lowest BCUT2D eigenvalue weighted by Gasteiger charge is -2.18. The van der Waals surface area contributed by atoms with Crippen LogP contribution >= 0.6 is 0 Å². The van der Waals surface area contributed by atoms with E-state index in [4.69, 9.17) is 9.72 Å². The fourth-order valence-corrected chi connectivity index (χ4v) is 4.33. The molecule has 1 saturated heterocycles. The first-order valence-corrected chi connectivity index (χ1v) is 10.9. The van der Waals surface area contributed by atoms with Crippen molar-refractivity contribution in [3.05, 3.63) is 60.7 Å². The molecule has 3 aromatic heterocycles. The third kappa shape index (κ3) is 3.76. The second-order valence-corrected chi connectivity index (χ2v) is 8.39. The van der Waals surface area contributed by atoms with E-state index in [1.165, 1.54) is 0 Å². The average Bonchev–Trinajstić information content (AvgIpc) is 3.48. The van der Waals surface area contributed by atoms with E-state index in [2.05, 4.69) is 20.2 Å². The molecule has 2 aliphatic rings. The van der Waals surface area contributed by atoms with Gasteiger partial charge >= 0.3 is 0 Å². The van der Waals surface area contributed by atoms with E-state index >= 15 is 0 Å². The molecule has 0 unspecified atom stereocenters. The van der Waals surface area contributed by atoms with Crippen LogP contribution < -0.4 is 15.0 Å². The Morgan fingerprint density at radius 2 is 2.06 bits per heavy atom. The van der Waals surface area contributed by atoms with Crippen molar-refractivity contribution in [1.29, 1.82) is 0 Å². The van der Waals surface area contributed by atoms with Gasteiger partial charge in [0, 0.05) is 66.8 Å². The molecule has 0 saturated carbocycles. The zero-order valence-corrected chi connectivity index (χ0v) is 17.8. The van der Waals surface area contributed by atoms with Crippen molar-refractivity contribution in [3.63, 3.8) is 0 Å². The van der Waals surface area contributed by atoms with Gasteiger partial charge in [-0.15, -0.1) is 0 Å². The molecule has 4 aromatic rings. The Labute approximate surface area is 189 Å². The number of pyridine rings is 1.